The van der Waals surface area contributed by atoms with Crippen molar-refractivity contribution in [3.05, 3.63) is 58.0 Å². The summed E-state index contributed by atoms with van der Waals surface area (Å²) in [7, 11) is 0. The molecule has 1 aromatic carbocycles. The predicted molar refractivity (Wildman–Crippen MR) is 83.1 cm³/mol. The molecule has 1 aromatic heterocycles. The van der Waals surface area contributed by atoms with Gasteiger partial charge in [0.05, 0.1) is 0 Å². The second kappa shape index (κ2) is 7.08. The average molecular weight is 303 g/mol. The number of aromatic amines is 1. The summed E-state index contributed by atoms with van der Waals surface area (Å²) in [6.45, 7) is 2.02. The van der Waals surface area contributed by atoms with Crippen LogP contribution in [0, 0.1) is 0 Å². The molecule has 0 unspecified atom stereocenters. The van der Waals surface area contributed by atoms with Gasteiger partial charge in [-0.05, 0) is 12.0 Å². The highest BCUT2D eigenvalue weighted by molar-refractivity contribution is 8.00. The van der Waals surface area contributed by atoms with Crippen LogP contribution >= 0.6 is 11.8 Å². The number of benzene rings is 1. The normalized spacial score (nSPS) is 12.0. The largest absolute Gasteiger partial charge is 0.368 e. The smallest absolute Gasteiger partial charge is 0.251 e. The van der Waals surface area contributed by atoms with Crippen LogP contribution in [0.2, 0.25) is 0 Å². The monoisotopic (exact) mass is 303 g/mol. The van der Waals surface area contributed by atoms with E-state index in [2.05, 4.69) is 9.97 Å². The Bertz CT molecular complexity index is 670. The molecule has 3 N–H and O–H groups in total. The van der Waals surface area contributed by atoms with Crippen LogP contribution in [0.3, 0.4) is 0 Å². The van der Waals surface area contributed by atoms with Crippen molar-refractivity contribution in [2.75, 3.05) is 0 Å². The third-order valence-corrected chi connectivity index (χ3v) is 4.03. The van der Waals surface area contributed by atoms with Gasteiger partial charge in [0.15, 0.2) is 5.16 Å². The van der Waals surface area contributed by atoms with Crippen molar-refractivity contribution < 1.29 is 4.79 Å². The fraction of sp³-hybridized carbons (Fsp3) is 0.267. The van der Waals surface area contributed by atoms with E-state index in [4.69, 9.17) is 5.73 Å². The zero-order valence-electron chi connectivity index (χ0n) is 11.7. The number of carbonyl (C=O) groups excluding carboxylic acids is 1. The van der Waals surface area contributed by atoms with Crippen LogP contribution in [0.1, 0.15) is 29.9 Å². The molecule has 0 radical (unpaired) electrons. The third-order valence-electron chi connectivity index (χ3n) is 2.87. The zero-order valence-corrected chi connectivity index (χ0v) is 12.5. The minimum absolute atomic E-state index is 0.216. The van der Waals surface area contributed by atoms with E-state index in [-0.39, 0.29) is 5.56 Å². The molecule has 1 amide bonds. The van der Waals surface area contributed by atoms with Crippen LogP contribution in [-0.4, -0.2) is 15.9 Å². The molecule has 2 aromatic rings. The summed E-state index contributed by atoms with van der Waals surface area (Å²) in [5.74, 6) is -0.463. The molecule has 1 heterocycles. The number of rotatable bonds is 6. The number of carbonyl (C=O) groups is 1. The van der Waals surface area contributed by atoms with Crippen molar-refractivity contribution in [1.29, 1.82) is 0 Å². The minimum Gasteiger partial charge on any atom is -0.368 e. The number of thioether (sulfide) groups is 1. The van der Waals surface area contributed by atoms with Crippen LogP contribution in [-0.2, 0) is 11.2 Å². The number of hydrogen-bond acceptors (Lipinski definition) is 4. The molecular weight excluding hydrogens is 286 g/mol. The van der Waals surface area contributed by atoms with Gasteiger partial charge in [0, 0.05) is 11.8 Å². The van der Waals surface area contributed by atoms with Crippen LogP contribution in [0.4, 0.5) is 0 Å². The highest BCUT2D eigenvalue weighted by Gasteiger charge is 2.20. The van der Waals surface area contributed by atoms with Crippen molar-refractivity contribution in [1.82, 2.24) is 9.97 Å². The summed E-state index contributed by atoms with van der Waals surface area (Å²) >= 11 is 1.16. The zero-order chi connectivity index (χ0) is 15.2. The summed E-state index contributed by atoms with van der Waals surface area (Å²) < 4.78 is 0. The quantitative estimate of drug-likeness (QED) is 0.631. The molecule has 0 saturated heterocycles. The molecule has 0 aliphatic rings. The summed E-state index contributed by atoms with van der Waals surface area (Å²) in [4.78, 5) is 30.4. The maximum Gasteiger partial charge on any atom is 0.251 e. The molecule has 0 aliphatic heterocycles. The van der Waals surface area contributed by atoms with E-state index >= 15 is 0 Å². The molecule has 21 heavy (non-hydrogen) atoms. The number of hydrogen-bond donors (Lipinski definition) is 2. The van der Waals surface area contributed by atoms with Crippen molar-refractivity contribution in [3.63, 3.8) is 0 Å². The second-order valence-corrected chi connectivity index (χ2v) is 5.70. The van der Waals surface area contributed by atoms with E-state index < -0.39 is 11.2 Å². The molecule has 0 saturated carbocycles. The number of nitrogens with zero attached hydrogens (tertiary/aromatic N) is 1. The van der Waals surface area contributed by atoms with Crippen molar-refractivity contribution >= 4 is 17.7 Å². The molecule has 0 bridgehead atoms. The Labute approximate surface area is 127 Å². The second-order valence-electron chi connectivity index (χ2n) is 4.60. The first-order valence-electron chi connectivity index (χ1n) is 6.71. The summed E-state index contributed by atoms with van der Waals surface area (Å²) in [6, 6.07) is 10.7. The van der Waals surface area contributed by atoms with Crippen molar-refractivity contribution in [2.24, 2.45) is 5.73 Å². The van der Waals surface area contributed by atoms with E-state index in [1.165, 1.54) is 6.07 Å². The lowest BCUT2D eigenvalue weighted by Crippen LogP contribution is -2.20. The maximum absolute atomic E-state index is 11.7. The van der Waals surface area contributed by atoms with Gasteiger partial charge in [-0.1, -0.05) is 55.4 Å². The molecule has 2 rings (SSSR count). The molecule has 0 aliphatic carbocycles. The summed E-state index contributed by atoms with van der Waals surface area (Å²) in [5.41, 5.74) is 6.77. The fourth-order valence-electron chi connectivity index (χ4n) is 1.95. The SMILES string of the molecule is CCCc1cc(=O)[nH]c(S[C@@H](C(N)=O)c2ccccc2)n1. The van der Waals surface area contributed by atoms with Crippen molar-refractivity contribution in [2.45, 2.75) is 30.2 Å². The highest BCUT2D eigenvalue weighted by atomic mass is 32.2. The number of nitrogens with one attached hydrogen (secondary N) is 1. The Balaban J connectivity index is 2.29. The summed E-state index contributed by atoms with van der Waals surface area (Å²) in [5, 5.41) is -0.162. The Morgan fingerprint density at radius 3 is 2.71 bits per heavy atom. The van der Waals surface area contributed by atoms with Gasteiger partial charge in [0.2, 0.25) is 5.91 Å². The van der Waals surface area contributed by atoms with Crippen LogP contribution < -0.4 is 11.3 Å². The van der Waals surface area contributed by atoms with Crippen molar-refractivity contribution in [3.8, 4) is 0 Å². The molecule has 0 fully saturated rings. The number of primary amides is 1. The van der Waals surface area contributed by atoms with Gasteiger partial charge >= 0.3 is 0 Å². The van der Waals surface area contributed by atoms with Crippen LogP contribution in [0.25, 0.3) is 0 Å². The van der Waals surface area contributed by atoms with E-state index in [0.717, 1.165) is 35.9 Å². The highest BCUT2D eigenvalue weighted by Crippen LogP contribution is 2.32. The van der Waals surface area contributed by atoms with Gasteiger partial charge in [0.1, 0.15) is 5.25 Å². The lowest BCUT2D eigenvalue weighted by Gasteiger charge is -2.13. The Hall–Kier alpha value is -2.08. The molecule has 1 atom stereocenters. The van der Waals surface area contributed by atoms with Crippen LogP contribution in [0.5, 0.6) is 0 Å². The number of amides is 1. The Kier molecular flexibility index (Phi) is 5.16. The molecule has 110 valence electrons. The maximum atomic E-state index is 11.7. The standard InChI is InChI=1S/C15H17N3O2S/c1-2-6-11-9-12(19)18-15(17-11)21-13(14(16)20)10-7-4-3-5-8-10/h3-5,7-9,13H,2,6H2,1H3,(H2,16,20)(H,17,18,19)/t13-/m1/s1. The fourth-order valence-corrected chi connectivity index (χ4v) is 2.92. The number of nitrogens with two attached hydrogens (primary N) is 1. The lowest BCUT2D eigenvalue weighted by atomic mass is 10.1. The first kappa shape index (κ1) is 15.3. The number of aromatic nitrogens is 2. The summed E-state index contributed by atoms with van der Waals surface area (Å²) in [6.07, 6.45) is 1.63. The topological polar surface area (TPSA) is 88.8 Å². The van der Waals surface area contributed by atoms with E-state index in [0.29, 0.717) is 5.16 Å². The average Bonchev–Trinajstić information content (AvgIpc) is 2.45. The van der Waals surface area contributed by atoms with Gasteiger partial charge in [-0.25, -0.2) is 4.98 Å². The molecule has 5 nitrogen and oxygen atoms in total. The predicted octanol–water partition coefficient (Wildman–Crippen LogP) is 2.04. The molecular formula is C15H17N3O2S. The number of aryl methyl sites for hydroxylation is 1. The van der Waals surface area contributed by atoms with E-state index in [1.807, 2.05) is 37.3 Å². The molecule has 0 spiro atoms. The first-order valence-corrected chi connectivity index (χ1v) is 7.59. The number of H-pyrrole nitrogens is 1. The first-order chi connectivity index (χ1) is 10.1. The molecule has 6 heteroatoms. The van der Waals surface area contributed by atoms with E-state index in [1.54, 1.807) is 0 Å². The van der Waals surface area contributed by atoms with Gasteiger partial charge in [-0.2, -0.15) is 0 Å². The lowest BCUT2D eigenvalue weighted by molar-refractivity contribution is -0.117. The Morgan fingerprint density at radius 1 is 1.38 bits per heavy atom. The van der Waals surface area contributed by atoms with Gasteiger partial charge in [-0.3, -0.25) is 9.59 Å². The third kappa shape index (κ3) is 4.19. The minimum atomic E-state index is -0.578. The van der Waals surface area contributed by atoms with Gasteiger partial charge in [0.25, 0.3) is 5.56 Å². The van der Waals surface area contributed by atoms with E-state index in [9.17, 15) is 9.59 Å². The Morgan fingerprint density at radius 2 is 2.10 bits per heavy atom. The van der Waals surface area contributed by atoms with Crippen LogP contribution in [0.15, 0.2) is 46.3 Å². The van der Waals surface area contributed by atoms with Gasteiger partial charge < -0.3 is 10.7 Å². The van der Waals surface area contributed by atoms with Gasteiger partial charge in [-0.15, -0.1) is 0 Å².